The molecule has 0 aliphatic carbocycles. The molecule has 142 valence electrons. The minimum Gasteiger partial charge on any atom is -0.378 e. The van der Waals surface area contributed by atoms with E-state index in [4.69, 9.17) is 9.72 Å². The molecule has 2 saturated heterocycles. The van der Waals surface area contributed by atoms with E-state index in [0.717, 1.165) is 43.3 Å². The third-order valence-corrected chi connectivity index (χ3v) is 5.21. The van der Waals surface area contributed by atoms with Crippen molar-refractivity contribution in [3.05, 3.63) is 47.7 Å². The minimum atomic E-state index is -0.000703. The van der Waals surface area contributed by atoms with Gasteiger partial charge < -0.3 is 14.5 Å². The summed E-state index contributed by atoms with van der Waals surface area (Å²) in [7, 11) is 0. The third kappa shape index (κ3) is 4.08. The van der Waals surface area contributed by atoms with Crippen molar-refractivity contribution in [2.45, 2.75) is 25.7 Å². The van der Waals surface area contributed by atoms with E-state index in [1.807, 2.05) is 36.1 Å². The molecular weight excluding hydrogens is 342 g/mol. The maximum atomic E-state index is 12.7. The highest BCUT2D eigenvalue weighted by Crippen LogP contribution is 2.28. The largest absolute Gasteiger partial charge is 0.378 e. The lowest BCUT2D eigenvalue weighted by molar-refractivity contribution is 0.0299. The van der Waals surface area contributed by atoms with Crippen molar-refractivity contribution in [1.29, 1.82) is 0 Å². The van der Waals surface area contributed by atoms with E-state index in [2.05, 4.69) is 14.9 Å². The molecule has 4 rings (SSSR count). The first-order valence-electron chi connectivity index (χ1n) is 9.59. The standard InChI is InChI=1S/C20H25N5O2/c1-15-21-8-7-19(22-15)25-9-3-4-16(14-25)17-5-2-6-18(23-17)20(26)24-10-12-27-13-11-24/h2,5-8,16H,3-4,9-14H2,1H3. The minimum absolute atomic E-state index is 0.000703. The van der Waals surface area contributed by atoms with Crippen LogP contribution in [0.2, 0.25) is 0 Å². The lowest BCUT2D eigenvalue weighted by Crippen LogP contribution is -2.41. The number of carbonyl (C=O) groups excluding carboxylic acids is 1. The van der Waals surface area contributed by atoms with Crippen LogP contribution in [0.25, 0.3) is 0 Å². The van der Waals surface area contributed by atoms with Crippen LogP contribution in [0.15, 0.2) is 30.5 Å². The number of aryl methyl sites for hydroxylation is 1. The Morgan fingerprint density at radius 3 is 2.81 bits per heavy atom. The fraction of sp³-hybridized carbons (Fsp3) is 0.500. The molecule has 2 fully saturated rings. The molecule has 4 heterocycles. The van der Waals surface area contributed by atoms with Crippen molar-refractivity contribution >= 4 is 11.7 Å². The number of amides is 1. The molecule has 27 heavy (non-hydrogen) atoms. The van der Waals surface area contributed by atoms with Crippen LogP contribution in [0.1, 0.15) is 40.8 Å². The first-order chi connectivity index (χ1) is 13.2. The Morgan fingerprint density at radius 1 is 1.15 bits per heavy atom. The second kappa shape index (κ2) is 8.00. The molecular formula is C20H25N5O2. The van der Waals surface area contributed by atoms with Gasteiger partial charge in [0.25, 0.3) is 5.91 Å². The van der Waals surface area contributed by atoms with Gasteiger partial charge in [-0.25, -0.2) is 15.0 Å². The summed E-state index contributed by atoms with van der Waals surface area (Å²) in [6.07, 6.45) is 3.96. The molecule has 1 amide bonds. The Labute approximate surface area is 159 Å². The Hall–Kier alpha value is -2.54. The van der Waals surface area contributed by atoms with Crippen LogP contribution in [0.3, 0.4) is 0 Å². The van der Waals surface area contributed by atoms with E-state index in [-0.39, 0.29) is 5.91 Å². The van der Waals surface area contributed by atoms with Gasteiger partial charge in [0.15, 0.2) is 0 Å². The van der Waals surface area contributed by atoms with Gasteiger partial charge in [0, 0.05) is 44.0 Å². The molecule has 0 bridgehead atoms. The van der Waals surface area contributed by atoms with E-state index in [0.29, 0.717) is 37.9 Å². The van der Waals surface area contributed by atoms with Crippen LogP contribution in [-0.2, 0) is 4.74 Å². The summed E-state index contributed by atoms with van der Waals surface area (Å²) in [5, 5.41) is 0. The van der Waals surface area contributed by atoms with E-state index in [1.54, 1.807) is 6.20 Å². The molecule has 2 aromatic heterocycles. The number of ether oxygens (including phenoxy) is 1. The SMILES string of the molecule is Cc1nccc(N2CCCC(c3cccc(C(=O)N4CCOCC4)n3)C2)n1. The van der Waals surface area contributed by atoms with Gasteiger partial charge in [-0.05, 0) is 38.0 Å². The molecule has 1 unspecified atom stereocenters. The number of morpholine rings is 1. The summed E-state index contributed by atoms with van der Waals surface area (Å²) < 4.78 is 5.34. The number of pyridine rings is 1. The molecule has 7 heteroatoms. The second-order valence-electron chi connectivity index (χ2n) is 7.10. The summed E-state index contributed by atoms with van der Waals surface area (Å²) in [5.74, 6) is 2.05. The topological polar surface area (TPSA) is 71.5 Å². The Kier molecular flexibility index (Phi) is 5.29. The number of rotatable bonds is 3. The molecule has 2 aliphatic rings. The van der Waals surface area contributed by atoms with Crippen LogP contribution in [0.4, 0.5) is 5.82 Å². The number of hydrogen-bond acceptors (Lipinski definition) is 6. The van der Waals surface area contributed by atoms with Crippen molar-refractivity contribution in [1.82, 2.24) is 19.9 Å². The smallest absolute Gasteiger partial charge is 0.272 e. The fourth-order valence-electron chi connectivity index (χ4n) is 3.77. The molecule has 2 aliphatic heterocycles. The normalized spacial score (nSPS) is 20.6. The molecule has 0 N–H and O–H groups in total. The molecule has 7 nitrogen and oxygen atoms in total. The van der Waals surface area contributed by atoms with E-state index in [9.17, 15) is 4.79 Å². The van der Waals surface area contributed by atoms with Crippen LogP contribution in [-0.4, -0.2) is 65.2 Å². The number of piperidine rings is 1. The molecule has 0 radical (unpaired) electrons. The molecule has 0 saturated carbocycles. The van der Waals surface area contributed by atoms with Crippen LogP contribution in [0.5, 0.6) is 0 Å². The van der Waals surface area contributed by atoms with Crippen molar-refractivity contribution in [2.75, 3.05) is 44.3 Å². The highest BCUT2D eigenvalue weighted by Gasteiger charge is 2.25. The van der Waals surface area contributed by atoms with E-state index in [1.165, 1.54) is 0 Å². The quantitative estimate of drug-likeness (QED) is 0.827. The monoisotopic (exact) mass is 367 g/mol. The molecule has 1 atom stereocenters. The predicted molar refractivity (Wildman–Crippen MR) is 102 cm³/mol. The Bertz CT molecular complexity index is 806. The Balaban J connectivity index is 1.50. The van der Waals surface area contributed by atoms with Gasteiger partial charge in [-0.1, -0.05) is 6.07 Å². The van der Waals surface area contributed by atoms with Gasteiger partial charge in [0.1, 0.15) is 17.3 Å². The Morgan fingerprint density at radius 2 is 2.00 bits per heavy atom. The highest BCUT2D eigenvalue weighted by atomic mass is 16.5. The zero-order valence-corrected chi connectivity index (χ0v) is 15.7. The second-order valence-corrected chi connectivity index (χ2v) is 7.10. The number of nitrogens with zero attached hydrogens (tertiary/aromatic N) is 5. The van der Waals surface area contributed by atoms with Crippen LogP contribution >= 0.6 is 0 Å². The van der Waals surface area contributed by atoms with Crippen molar-refractivity contribution in [3.63, 3.8) is 0 Å². The first kappa shape index (κ1) is 17.9. The van der Waals surface area contributed by atoms with Crippen molar-refractivity contribution < 1.29 is 9.53 Å². The highest BCUT2D eigenvalue weighted by molar-refractivity contribution is 5.92. The first-order valence-corrected chi connectivity index (χ1v) is 9.59. The van der Waals surface area contributed by atoms with Crippen LogP contribution in [0, 0.1) is 6.92 Å². The predicted octanol–water partition coefficient (Wildman–Crippen LogP) is 2.04. The third-order valence-electron chi connectivity index (χ3n) is 5.21. The van der Waals surface area contributed by atoms with E-state index < -0.39 is 0 Å². The number of aromatic nitrogens is 3. The zero-order chi connectivity index (χ0) is 18.6. The van der Waals surface area contributed by atoms with Gasteiger partial charge in [-0.15, -0.1) is 0 Å². The zero-order valence-electron chi connectivity index (χ0n) is 15.7. The van der Waals surface area contributed by atoms with Crippen molar-refractivity contribution in [3.8, 4) is 0 Å². The average molecular weight is 367 g/mol. The lowest BCUT2D eigenvalue weighted by Gasteiger charge is -2.33. The molecule has 0 aromatic carbocycles. The van der Waals surface area contributed by atoms with Gasteiger partial charge in [-0.2, -0.15) is 0 Å². The molecule has 2 aromatic rings. The van der Waals surface area contributed by atoms with Gasteiger partial charge in [0.05, 0.1) is 13.2 Å². The lowest BCUT2D eigenvalue weighted by atomic mass is 9.94. The number of carbonyl (C=O) groups is 1. The average Bonchev–Trinajstić information content (AvgIpc) is 2.74. The molecule has 0 spiro atoms. The summed E-state index contributed by atoms with van der Waals surface area (Å²) >= 11 is 0. The summed E-state index contributed by atoms with van der Waals surface area (Å²) in [6.45, 7) is 6.22. The number of hydrogen-bond donors (Lipinski definition) is 0. The van der Waals surface area contributed by atoms with Gasteiger partial charge >= 0.3 is 0 Å². The van der Waals surface area contributed by atoms with E-state index >= 15 is 0 Å². The fourth-order valence-corrected chi connectivity index (χ4v) is 3.77. The maximum Gasteiger partial charge on any atom is 0.272 e. The van der Waals surface area contributed by atoms with Crippen molar-refractivity contribution in [2.24, 2.45) is 0 Å². The number of anilines is 1. The maximum absolute atomic E-state index is 12.7. The summed E-state index contributed by atoms with van der Waals surface area (Å²) in [6, 6.07) is 7.76. The summed E-state index contributed by atoms with van der Waals surface area (Å²) in [4.78, 5) is 30.3. The van der Waals surface area contributed by atoms with Crippen LogP contribution < -0.4 is 4.90 Å². The van der Waals surface area contributed by atoms with Gasteiger partial charge in [-0.3, -0.25) is 4.79 Å². The summed E-state index contributed by atoms with van der Waals surface area (Å²) in [5.41, 5.74) is 1.52. The van der Waals surface area contributed by atoms with Gasteiger partial charge in [0.2, 0.25) is 0 Å².